The maximum absolute atomic E-state index is 13.7. The fourth-order valence-electron chi connectivity index (χ4n) is 3.59. The first-order valence-electron chi connectivity index (χ1n) is 11.5. The van der Waals surface area contributed by atoms with Gasteiger partial charge in [-0.05, 0) is 62.1 Å². The lowest BCUT2D eigenvalue weighted by molar-refractivity contribution is -0.140. The summed E-state index contributed by atoms with van der Waals surface area (Å²) in [6.45, 7) is 7.06. The van der Waals surface area contributed by atoms with Crippen LogP contribution in [0.1, 0.15) is 44.7 Å². The number of aryl methyl sites for hydroxylation is 1. The van der Waals surface area contributed by atoms with Gasteiger partial charge in [0.15, 0.2) is 0 Å². The summed E-state index contributed by atoms with van der Waals surface area (Å²) in [5.74, 6) is -0.787. The van der Waals surface area contributed by atoms with Crippen molar-refractivity contribution in [3.8, 4) is 0 Å². The number of anilines is 1. The summed E-state index contributed by atoms with van der Waals surface area (Å²) < 4.78 is 26.5. The third-order valence-corrected chi connectivity index (χ3v) is 7.39. The van der Waals surface area contributed by atoms with Gasteiger partial charge in [0.05, 0.1) is 11.9 Å². The molecular formula is C25H33Cl2N3O4S. The SMILES string of the molecule is CC[C@H](C(=O)N[C@@H](C)CC)N(Cc1ccc(Cl)cc1)C(=O)CN(c1cc(Cl)ccc1C)S(C)(=O)=O. The van der Waals surface area contributed by atoms with E-state index >= 15 is 0 Å². The van der Waals surface area contributed by atoms with Gasteiger partial charge in [0.25, 0.3) is 0 Å². The highest BCUT2D eigenvalue weighted by molar-refractivity contribution is 7.92. The quantitative estimate of drug-likeness (QED) is 0.443. The smallest absolute Gasteiger partial charge is 0.244 e. The fourth-order valence-corrected chi connectivity index (χ4v) is 4.78. The molecule has 0 bridgehead atoms. The van der Waals surface area contributed by atoms with Crippen molar-refractivity contribution in [1.29, 1.82) is 0 Å². The number of hydrogen-bond acceptors (Lipinski definition) is 4. The Morgan fingerprint density at radius 3 is 2.14 bits per heavy atom. The first kappa shape index (κ1) is 28.9. The first-order chi connectivity index (χ1) is 16.4. The standard InChI is InChI=1S/C25H33Cl2N3O4S/c1-6-18(4)28-25(32)22(7-2)29(15-19-9-12-20(26)13-10-19)24(31)16-30(35(5,33)34)23-14-21(27)11-8-17(23)3/h8-14,18,22H,6-7,15-16H2,1-5H3,(H,28,32)/t18-,22+/m0/s1. The van der Waals surface area contributed by atoms with E-state index in [2.05, 4.69) is 5.32 Å². The van der Waals surface area contributed by atoms with Gasteiger partial charge in [-0.2, -0.15) is 0 Å². The molecule has 0 aliphatic heterocycles. The van der Waals surface area contributed by atoms with Gasteiger partial charge in [0.1, 0.15) is 12.6 Å². The highest BCUT2D eigenvalue weighted by atomic mass is 35.5. The molecule has 0 aliphatic carbocycles. The third kappa shape index (κ3) is 8.12. The highest BCUT2D eigenvalue weighted by Crippen LogP contribution is 2.27. The van der Waals surface area contributed by atoms with Crippen LogP contribution in [-0.4, -0.2) is 50.0 Å². The second-order valence-electron chi connectivity index (χ2n) is 8.59. The third-order valence-electron chi connectivity index (χ3n) is 5.77. The summed E-state index contributed by atoms with van der Waals surface area (Å²) in [6, 6.07) is 11.0. The fraction of sp³-hybridized carbons (Fsp3) is 0.440. The van der Waals surface area contributed by atoms with Gasteiger partial charge in [-0.25, -0.2) is 8.42 Å². The molecule has 2 amide bonds. The van der Waals surface area contributed by atoms with Gasteiger partial charge in [-0.15, -0.1) is 0 Å². The minimum atomic E-state index is -3.83. The molecule has 2 rings (SSSR count). The first-order valence-corrected chi connectivity index (χ1v) is 14.1. The van der Waals surface area contributed by atoms with Crippen LogP contribution in [0.3, 0.4) is 0 Å². The van der Waals surface area contributed by atoms with Crippen LogP contribution in [0.4, 0.5) is 5.69 Å². The average molecular weight is 543 g/mol. The number of carbonyl (C=O) groups is 2. The lowest BCUT2D eigenvalue weighted by Crippen LogP contribution is -2.53. The molecule has 0 aliphatic rings. The molecule has 10 heteroatoms. The van der Waals surface area contributed by atoms with Gasteiger partial charge in [0.2, 0.25) is 21.8 Å². The van der Waals surface area contributed by atoms with Crippen molar-refractivity contribution in [3.63, 3.8) is 0 Å². The van der Waals surface area contributed by atoms with Crippen molar-refractivity contribution in [2.45, 2.75) is 59.2 Å². The second kappa shape index (κ2) is 12.6. The minimum Gasteiger partial charge on any atom is -0.352 e. The molecule has 0 fully saturated rings. The Morgan fingerprint density at radius 1 is 1.00 bits per heavy atom. The maximum Gasteiger partial charge on any atom is 0.244 e. The molecule has 2 aromatic rings. The molecule has 0 aromatic heterocycles. The zero-order chi connectivity index (χ0) is 26.3. The number of halogens is 2. The molecule has 2 atom stereocenters. The molecular weight excluding hydrogens is 509 g/mol. The Bertz CT molecular complexity index is 1140. The number of sulfonamides is 1. The van der Waals surface area contributed by atoms with E-state index in [9.17, 15) is 18.0 Å². The molecule has 0 saturated carbocycles. The number of hydrogen-bond donors (Lipinski definition) is 1. The molecule has 0 unspecified atom stereocenters. The van der Waals surface area contributed by atoms with Crippen LogP contribution in [-0.2, 0) is 26.2 Å². The number of amides is 2. The number of nitrogens with zero attached hydrogens (tertiary/aromatic N) is 2. The van der Waals surface area contributed by atoms with Crippen LogP contribution in [0, 0.1) is 6.92 Å². The Kier molecular flexibility index (Phi) is 10.4. The summed E-state index contributed by atoms with van der Waals surface area (Å²) in [5.41, 5.74) is 1.73. The summed E-state index contributed by atoms with van der Waals surface area (Å²) in [7, 11) is -3.83. The number of nitrogens with one attached hydrogen (secondary N) is 1. The van der Waals surface area contributed by atoms with E-state index in [4.69, 9.17) is 23.2 Å². The molecule has 0 radical (unpaired) electrons. The van der Waals surface area contributed by atoms with E-state index in [1.165, 1.54) is 11.0 Å². The van der Waals surface area contributed by atoms with Crippen molar-refractivity contribution in [2.24, 2.45) is 0 Å². The minimum absolute atomic E-state index is 0.0642. The van der Waals surface area contributed by atoms with Crippen LogP contribution in [0.15, 0.2) is 42.5 Å². The van der Waals surface area contributed by atoms with Crippen LogP contribution >= 0.6 is 23.2 Å². The highest BCUT2D eigenvalue weighted by Gasteiger charge is 2.32. The van der Waals surface area contributed by atoms with E-state index in [0.29, 0.717) is 27.7 Å². The van der Waals surface area contributed by atoms with Crippen molar-refractivity contribution < 1.29 is 18.0 Å². The monoisotopic (exact) mass is 541 g/mol. The summed E-state index contributed by atoms with van der Waals surface area (Å²) in [4.78, 5) is 28.2. The van der Waals surface area contributed by atoms with Gasteiger partial charge in [-0.1, -0.05) is 55.2 Å². The van der Waals surface area contributed by atoms with Crippen molar-refractivity contribution >= 4 is 50.7 Å². The number of benzene rings is 2. The predicted octanol–water partition coefficient (Wildman–Crippen LogP) is 4.79. The number of carbonyl (C=O) groups excluding carboxylic acids is 2. The molecule has 0 spiro atoms. The molecule has 0 saturated heterocycles. The van der Waals surface area contributed by atoms with Gasteiger partial charge in [-0.3, -0.25) is 13.9 Å². The molecule has 2 aromatic carbocycles. The van der Waals surface area contributed by atoms with Gasteiger partial charge in [0, 0.05) is 22.6 Å². The van der Waals surface area contributed by atoms with E-state index in [0.717, 1.165) is 22.5 Å². The van der Waals surface area contributed by atoms with Crippen LogP contribution in [0.25, 0.3) is 0 Å². The normalized spacial score (nSPS) is 13.1. The van der Waals surface area contributed by atoms with Crippen molar-refractivity contribution in [2.75, 3.05) is 17.1 Å². The Morgan fingerprint density at radius 2 is 1.60 bits per heavy atom. The predicted molar refractivity (Wildman–Crippen MR) is 142 cm³/mol. The van der Waals surface area contributed by atoms with Crippen LogP contribution < -0.4 is 9.62 Å². The molecule has 35 heavy (non-hydrogen) atoms. The van der Waals surface area contributed by atoms with E-state index in [1.807, 2.05) is 20.8 Å². The van der Waals surface area contributed by atoms with E-state index < -0.39 is 28.5 Å². The summed E-state index contributed by atoms with van der Waals surface area (Å²) in [6.07, 6.45) is 2.14. The topological polar surface area (TPSA) is 86.8 Å². The molecule has 192 valence electrons. The van der Waals surface area contributed by atoms with E-state index in [-0.39, 0.29) is 18.5 Å². The van der Waals surface area contributed by atoms with Crippen LogP contribution in [0.2, 0.25) is 10.0 Å². The molecule has 7 nitrogen and oxygen atoms in total. The Balaban J connectivity index is 2.47. The van der Waals surface area contributed by atoms with Gasteiger partial charge >= 0.3 is 0 Å². The largest absolute Gasteiger partial charge is 0.352 e. The Hall–Kier alpha value is -2.29. The lowest BCUT2D eigenvalue weighted by Gasteiger charge is -2.33. The summed E-state index contributed by atoms with van der Waals surface area (Å²) >= 11 is 12.1. The molecule has 1 N–H and O–H groups in total. The maximum atomic E-state index is 13.7. The van der Waals surface area contributed by atoms with E-state index in [1.54, 1.807) is 43.3 Å². The summed E-state index contributed by atoms with van der Waals surface area (Å²) in [5, 5.41) is 3.84. The van der Waals surface area contributed by atoms with Crippen LogP contribution in [0.5, 0.6) is 0 Å². The Labute approximate surface area is 218 Å². The number of rotatable bonds is 11. The van der Waals surface area contributed by atoms with Crippen molar-refractivity contribution in [3.05, 3.63) is 63.6 Å². The molecule has 0 heterocycles. The zero-order valence-electron chi connectivity index (χ0n) is 20.7. The zero-order valence-corrected chi connectivity index (χ0v) is 23.0. The lowest BCUT2D eigenvalue weighted by atomic mass is 10.1. The average Bonchev–Trinajstić information content (AvgIpc) is 2.79. The second-order valence-corrected chi connectivity index (χ2v) is 11.4. The van der Waals surface area contributed by atoms with Crippen molar-refractivity contribution in [1.82, 2.24) is 10.2 Å². The van der Waals surface area contributed by atoms with Gasteiger partial charge < -0.3 is 10.2 Å².